The van der Waals surface area contributed by atoms with Gasteiger partial charge in [0.05, 0.1) is 31.1 Å². The number of aromatic nitrogens is 3. The van der Waals surface area contributed by atoms with E-state index < -0.39 is 11.2 Å². The average molecular weight is 360 g/mol. The molecule has 3 heterocycles. The Labute approximate surface area is 149 Å². The van der Waals surface area contributed by atoms with Gasteiger partial charge < -0.3 is 14.8 Å². The number of rotatable bonds is 6. The Hall–Kier alpha value is -2.78. The van der Waals surface area contributed by atoms with Gasteiger partial charge in [0.25, 0.3) is 5.56 Å². The van der Waals surface area contributed by atoms with E-state index in [2.05, 4.69) is 15.3 Å². The number of hydrogen-bond donors (Lipinski definition) is 2. The molecule has 0 unspecified atom stereocenters. The number of amides is 1. The summed E-state index contributed by atoms with van der Waals surface area (Å²) in [4.78, 5) is 41.3. The lowest BCUT2D eigenvalue weighted by molar-refractivity contribution is -0.127. The van der Waals surface area contributed by atoms with Crippen LogP contribution in [0.3, 0.4) is 0 Å². The van der Waals surface area contributed by atoms with Crippen molar-refractivity contribution < 1.29 is 14.3 Å². The third kappa shape index (κ3) is 4.87. The Bertz CT molecular complexity index is 848. The minimum absolute atomic E-state index is 0.195. The van der Waals surface area contributed by atoms with Gasteiger partial charge in [0.1, 0.15) is 6.54 Å². The highest BCUT2D eigenvalue weighted by molar-refractivity contribution is 5.76. The molecule has 1 saturated heterocycles. The van der Waals surface area contributed by atoms with Crippen molar-refractivity contribution in [3.8, 4) is 0 Å². The van der Waals surface area contributed by atoms with Crippen LogP contribution in [0.4, 0.5) is 0 Å². The van der Waals surface area contributed by atoms with Crippen molar-refractivity contribution in [1.82, 2.24) is 19.9 Å². The number of hydrogen-bond acceptors (Lipinski definition) is 6. The van der Waals surface area contributed by atoms with Gasteiger partial charge in [-0.15, -0.1) is 0 Å². The summed E-state index contributed by atoms with van der Waals surface area (Å²) in [5.41, 5.74) is -0.324. The van der Waals surface area contributed by atoms with Gasteiger partial charge in [-0.25, -0.2) is 4.79 Å². The molecule has 3 rings (SSSR count). The van der Waals surface area contributed by atoms with Gasteiger partial charge in [0, 0.05) is 25.1 Å². The van der Waals surface area contributed by atoms with Crippen LogP contribution in [0.1, 0.15) is 12.1 Å². The fourth-order valence-corrected chi connectivity index (χ4v) is 2.70. The Balaban J connectivity index is 1.57. The minimum Gasteiger partial charge on any atom is -0.379 e. The fourth-order valence-electron chi connectivity index (χ4n) is 2.70. The van der Waals surface area contributed by atoms with Crippen LogP contribution in [-0.2, 0) is 27.4 Å². The Morgan fingerprint density at radius 1 is 1.38 bits per heavy atom. The molecule has 0 aliphatic carbocycles. The summed E-state index contributed by atoms with van der Waals surface area (Å²) in [6, 6.07) is 6.46. The highest BCUT2D eigenvalue weighted by atomic mass is 16.5. The predicted octanol–water partition coefficient (Wildman–Crippen LogP) is -0.578. The number of ether oxygens (including phenoxy) is 2. The normalized spacial score (nSPS) is 19.8. The zero-order chi connectivity index (χ0) is 18.4. The first-order valence-electron chi connectivity index (χ1n) is 8.30. The second-order valence-corrected chi connectivity index (χ2v) is 5.95. The molecule has 2 N–H and O–H groups in total. The number of nitrogens with zero attached hydrogens (tertiary/aromatic N) is 2. The first-order chi connectivity index (χ1) is 12.6. The second-order valence-electron chi connectivity index (χ2n) is 5.95. The molecule has 138 valence electrons. The Kier molecular flexibility index (Phi) is 5.92. The van der Waals surface area contributed by atoms with Gasteiger partial charge >= 0.3 is 5.69 Å². The number of nitrogens with one attached hydrogen (secondary N) is 2. The number of H-pyrrole nitrogens is 1. The van der Waals surface area contributed by atoms with Crippen molar-refractivity contribution >= 4 is 5.91 Å². The molecule has 2 aromatic heterocycles. The van der Waals surface area contributed by atoms with Crippen molar-refractivity contribution in [2.24, 2.45) is 0 Å². The number of carbonyl (C=O) groups is 1. The minimum atomic E-state index is -0.629. The van der Waals surface area contributed by atoms with E-state index in [1.807, 2.05) is 18.2 Å². The molecule has 1 aliphatic rings. The Morgan fingerprint density at radius 3 is 3.04 bits per heavy atom. The molecule has 9 heteroatoms. The van der Waals surface area contributed by atoms with E-state index in [9.17, 15) is 14.4 Å². The van der Waals surface area contributed by atoms with Crippen molar-refractivity contribution in [3.05, 3.63) is 63.2 Å². The van der Waals surface area contributed by atoms with E-state index in [-0.39, 0.29) is 24.6 Å². The summed E-state index contributed by atoms with van der Waals surface area (Å²) in [7, 11) is 0. The fraction of sp³-hybridized carbons (Fsp3) is 0.412. The van der Waals surface area contributed by atoms with Crippen molar-refractivity contribution in [3.63, 3.8) is 0 Å². The summed E-state index contributed by atoms with van der Waals surface area (Å²) in [6.07, 6.45) is 3.43. The maximum absolute atomic E-state index is 12.3. The highest BCUT2D eigenvalue weighted by Crippen LogP contribution is 2.14. The van der Waals surface area contributed by atoms with Crippen LogP contribution in [0.5, 0.6) is 0 Å². The molecule has 26 heavy (non-hydrogen) atoms. The predicted molar refractivity (Wildman–Crippen MR) is 91.5 cm³/mol. The lowest BCUT2D eigenvalue weighted by Gasteiger charge is -2.32. The molecule has 0 saturated carbocycles. The smallest absolute Gasteiger partial charge is 0.328 e. The summed E-state index contributed by atoms with van der Waals surface area (Å²) >= 11 is 0. The third-order valence-corrected chi connectivity index (χ3v) is 4.02. The van der Waals surface area contributed by atoms with Gasteiger partial charge in [-0.3, -0.25) is 24.1 Å². The number of carbonyl (C=O) groups excluding carboxylic acids is 1. The largest absolute Gasteiger partial charge is 0.379 e. The van der Waals surface area contributed by atoms with Crippen LogP contribution in [0, 0.1) is 0 Å². The van der Waals surface area contributed by atoms with Crippen molar-refractivity contribution in [1.29, 1.82) is 0 Å². The van der Waals surface area contributed by atoms with Gasteiger partial charge in [-0.05, 0) is 18.6 Å². The van der Waals surface area contributed by atoms with Gasteiger partial charge in [-0.2, -0.15) is 0 Å². The Morgan fingerprint density at radius 2 is 2.27 bits per heavy atom. The molecule has 1 fully saturated rings. The van der Waals surface area contributed by atoms with Crippen molar-refractivity contribution in [2.75, 3.05) is 13.2 Å². The first-order valence-corrected chi connectivity index (χ1v) is 8.30. The molecular weight excluding hydrogens is 340 g/mol. The van der Waals surface area contributed by atoms with E-state index in [4.69, 9.17) is 9.47 Å². The van der Waals surface area contributed by atoms with Crippen LogP contribution in [0.15, 0.2) is 46.2 Å². The van der Waals surface area contributed by atoms with E-state index in [0.717, 1.165) is 10.3 Å². The molecule has 0 spiro atoms. The zero-order valence-electron chi connectivity index (χ0n) is 14.1. The summed E-state index contributed by atoms with van der Waals surface area (Å²) in [5, 5.41) is 2.83. The van der Waals surface area contributed by atoms with E-state index >= 15 is 0 Å². The molecule has 0 radical (unpaired) electrons. The lowest BCUT2D eigenvalue weighted by atomic mass is 10.1. The van der Waals surface area contributed by atoms with E-state index in [1.165, 1.54) is 12.3 Å². The van der Waals surface area contributed by atoms with Gasteiger partial charge in [0.2, 0.25) is 5.91 Å². The monoisotopic (exact) mass is 360 g/mol. The zero-order valence-corrected chi connectivity index (χ0v) is 14.1. The first kappa shape index (κ1) is 18.0. The molecule has 0 bridgehead atoms. The summed E-state index contributed by atoms with van der Waals surface area (Å²) in [6.45, 7) is 1.04. The maximum Gasteiger partial charge on any atom is 0.328 e. The molecule has 1 aliphatic heterocycles. The summed E-state index contributed by atoms with van der Waals surface area (Å²) in [5.74, 6) is -0.360. The molecule has 2 atom stereocenters. The van der Waals surface area contributed by atoms with Crippen LogP contribution in [-0.4, -0.2) is 45.8 Å². The second kappa shape index (κ2) is 8.54. The topological polar surface area (TPSA) is 115 Å². The SMILES string of the molecule is O=C(Cn1ccc(=O)[nH]c1=O)N[C@@H]1COCC[C@H]1OCc1ccccn1. The third-order valence-electron chi connectivity index (χ3n) is 4.02. The van der Waals surface area contributed by atoms with Gasteiger partial charge in [-0.1, -0.05) is 6.07 Å². The van der Waals surface area contributed by atoms with Crippen molar-refractivity contribution in [2.45, 2.75) is 31.7 Å². The average Bonchev–Trinajstić information content (AvgIpc) is 2.64. The lowest BCUT2D eigenvalue weighted by Crippen LogP contribution is -2.51. The van der Waals surface area contributed by atoms with Crippen LogP contribution >= 0.6 is 0 Å². The quantitative estimate of drug-likeness (QED) is 0.712. The molecular formula is C17H20N4O5. The van der Waals surface area contributed by atoms with E-state index in [1.54, 1.807) is 6.20 Å². The standard InChI is InChI=1S/C17H20N4O5/c22-15-4-7-21(17(24)20-15)9-16(23)19-13-11-25-8-5-14(13)26-10-12-3-1-2-6-18-12/h1-4,6-7,13-14H,5,8-11H2,(H,19,23)(H,20,22,24)/t13-,14-/m1/s1. The molecule has 1 amide bonds. The van der Waals surface area contributed by atoms with Crippen LogP contribution in [0.2, 0.25) is 0 Å². The van der Waals surface area contributed by atoms with E-state index in [0.29, 0.717) is 26.2 Å². The number of aromatic amines is 1. The van der Waals surface area contributed by atoms with Gasteiger partial charge in [0.15, 0.2) is 0 Å². The van der Waals surface area contributed by atoms with Crippen LogP contribution in [0.25, 0.3) is 0 Å². The highest BCUT2D eigenvalue weighted by Gasteiger charge is 2.28. The maximum atomic E-state index is 12.3. The molecule has 0 aromatic carbocycles. The molecule has 2 aromatic rings. The number of pyridine rings is 1. The van der Waals surface area contributed by atoms with Crippen LogP contribution < -0.4 is 16.6 Å². The molecule has 9 nitrogen and oxygen atoms in total. The summed E-state index contributed by atoms with van der Waals surface area (Å²) < 4.78 is 12.5.